The number of carbonyl (C=O) groups is 2. The molecule has 2 N–H and O–H groups in total. The van der Waals surface area contributed by atoms with Gasteiger partial charge in [-0.05, 0) is 38.6 Å². The van der Waals surface area contributed by atoms with E-state index in [2.05, 4.69) is 22.6 Å². The number of ether oxygens (including phenoxy) is 2. The fraction of sp³-hybridized carbons (Fsp3) is 0.556. The van der Waals surface area contributed by atoms with Crippen LogP contribution in [0.25, 0.3) is 0 Å². The highest BCUT2D eigenvalue weighted by molar-refractivity contribution is 5.95. The molecule has 1 aromatic rings. The van der Waals surface area contributed by atoms with E-state index in [9.17, 15) is 9.59 Å². The quantitative estimate of drug-likeness (QED) is 0.788. The molecule has 0 aromatic heterocycles. The van der Waals surface area contributed by atoms with E-state index in [-0.39, 0.29) is 18.4 Å². The van der Waals surface area contributed by atoms with Crippen molar-refractivity contribution in [3.05, 3.63) is 18.2 Å². The third-order valence-electron chi connectivity index (χ3n) is 4.38. The van der Waals surface area contributed by atoms with Crippen LogP contribution < -0.4 is 15.4 Å². The molecule has 0 aliphatic carbocycles. The van der Waals surface area contributed by atoms with Crippen LogP contribution in [0.5, 0.6) is 5.75 Å². The topological polar surface area (TPSA) is 79.9 Å². The van der Waals surface area contributed by atoms with Crippen LogP contribution >= 0.6 is 0 Å². The van der Waals surface area contributed by atoms with Gasteiger partial charge < -0.3 is 25.0 Å². The third-order valence-corrected chi connectivity index (χ3v) is 4.38. The molecule has 1 aliphatic heterocycles. The lowest BCUT2D eigenvalue weighted by Gasteiger charge is -2.31. The van der Waals surface area contributed by atoms with E-state index in [1.54, 1.807) is 18.2 Å². The van der Waals surface area contributed by atoms with Gasteiger partial charge in [0.1, 0.15) is 12.4 Å². The standard InChI is InChI=1S/C18H27N3O4/c1-21-9-5-4-6-14(21)11-17(22)19-13-7-8-15(16(10-13)25-3)20-18(23)12-24-2/h7-8,10,14H,4-6,9,11-12H2,1-3H3,(H,19,22)(H,20,23). The van der Waals surface area contributed by atoms with Gasteiger partial charge in [-0.25, -0.2) is 0 Å². The van der Waals surface area contributed by atoms with Crippen molar-refractivity contribution in [2.75, 3.05) is 45.1 Å². The number of hydrogen-bond donors (Lipinski definition) is 2. The van der Waals surface area contributed by atoms with Gasteiger partial charge in [0.25, 0.3) is 0 Å². The number of methoxy groups -OCH3 is 2. The lowest BCUT2D eigenvalue weighted by atomic mass is 10.00. The molecule has 0 bridgehead atoms. The van der Waals surface area contributed by atoms with E-state index < -0.39 is 0 Å². The van der Waals surface area contributed by atoms with Crippen molar-refractivity contribution in [3.63, 3.8) is 0 Å². The van der Waals surface area contributed by atoms with Crippen LogP contribution in [-0.4, -0.2) is 57.2 Å². The number of nitrogens with zero attached hydrogens (tertiary/aromatic N) is 1. The molecule has 0 radical (unpaired) electrons. The number of anilines is 2. The number of carbonyl (C=O) groups excluding carboxylic acids is 2. The SMILES string of the molecule is COCC(=O)Nc1ccc(NC(=O)CC2CCCCN2C)cc1OC. The van der Waals surface area contributed by atoms with Crippen molar-refractivity contribution in [1.29, 1.82) is 0 Å². The molecule has 2 rings (SSSR count). The van der Waals surface area contributed by atoms with Gasteiger partial charge >= 0.3 is 0 Å². The summed E-state index contributed by atoms with van der Waals surface area (Å²) in [4.78, 5) is 26.2. The van der Waals surface area contributed by atoms with E-state index in [1.807, 2.05) is 0 Å². The first-order chi connectivity index (χ1) is 12.0. The normalized spacial score (nSPS) is 17.8. The predicted octanol–water partition coefficient (Wildman–Crippen LogP) is 2.09. The Bertz CT molecular complexity index is 606. The van der Waals surface area contributed by atoms with Gasteiger partial charge in [-0.1, -0.05) is 6.42 Å². The summed E-state index contributed by atoms with van der Waals surface area (Å²) in [6, 6.07) is 5.44. The zero-order chi connectivity index (χ0) is 18.2. The molecule has 1 aromatic carbocycles. The molecule has 138 valence electrons. The van der Waals surface area contributed by atoms with Crippen molar-refractivity contribution < 1.29 is 19.1 Å². The summed E-state index contributed by atoms with van der Waals surface area (Å²) in [5.74, 6) is 0.201. The Morgan fingerprint density at radius 3 is 2.68 bits per heavy atom. The minimum absolute atomic E-state index is 0.0167. The molecule has 1 unspecified atom stereocenters. The molecule has 1 saturated heterocycles. The van der Waals surface area contributed by atoms with E-state index in [4.69, 9.17) is 9.47 Å². The number of amides is 2. The Morgan fingerprint density at radius 2 is 2.00 bits per heavy atom. The second-order valence-corrected chi connectivity index (χ2v) is 6.28. The summed E-state index contributed by atoms with van der Waals surface area (Å²) in [5, 5.41) is 5.61. The van der Waals surface area contributed by atoms with Crippen molar-refractivity contribution in [2.45, 2.75) is 31.7 Å². The number of piperidine rings is 1. The van der Waals surface area contributed by atoms with Gasteiger partial charge in [0.05, 0.1) is 12.8 Å². The molecule has 1 aliphatic rings. The van der Waals surface area contributed by atoms with Crippen LogP contribution in [0.4, 0.5) is 11.4 Å². The number of nitrogens with one attached hydrogen (secondary N) is 2. The van der Waals surface area contributed by atoms with E-state index in [1.165, 1.54) is 27.1 Å². The van der Waals surface area contributed by atoms with Crippen LogP contribution in [0.3, 0.4) is 0 Å². The fourth-order valence-corrected chi connectivity index (χ4v) is 3.02. The maximum Gasteiger partial charge on any atom is 0.250 e. The number of hydrogen-bond acceptors (Lipinski definition) is 5. The van der Waals surface area contributed by atoms with Crippen molar-refractivity contribution in [1.82, 2.24) is 4.90 Å². The van der Waals surface area contributed by atoms with Gasteiger partial charge in [0.2, 0.25) is 11.8 Å². The Hall–Kier alpha value is -2.12. The predicted molar refractivity (Wildman–Crippen MR) is 97.0 cm³/mol. The zero-order valence-corrected chi connectivity index (χ0v) is 15.1. The van der Waals surface area contributed by atoms with E-state index >= 15 is 0 Å². The van der Waals surface area contributed by atoms with Gasteiger partial charge in [0, 0.05) is 31.3 Å². The lowest BCUT2D eigenvalue weighted by Crippen LogP contribution is -2.38. The van der Waals surface area contributed by atoms with Crippen LogP contribution in [-0.2, 0) is 14.3 Å². The second-order valence-electron chi connectivity index (χ2n) is 6.28. The first kappa shape index (κ1) is 19.2. The average Bonchev–Trinajstić information content (AvgIpc) is 2.58. The molecule has 2 amide bonds. The Labute approximate surface area is 148 Å². The maximum atomic E-state index is 12.3. The number of rotatable bonds is 7. The lowest BCUT2D eigenvalue weighted by molar-refractivity contribution is -0.119. The van der Waals surface area contributed by atoms with Crippen LogP contribution in [0, 0.1) is 0 Å². The molecule has 25 heavy (non-hydrogen) atoms. The Morgan fingerprint density at radius 1 is 1.20 bits per heavy atom. The second kappa shape index (κ2) is 9.39. The molecular weight excluding hydrogens is 322 g/mol. The summed E-state index contributed by atoms with van der Waals surface area (Å²) in [7, 11) is 5.04. The number of benzene rings is 1. The first-order valence-corrected chi connectivity index (χ1v) is 8.50. The molecule has 1 heterocycles. The highest BCUT2D eigenvalue weighted by atomic mass is 16.5. The summed E-state index contributed by atoms with van der Waals surface area (Å²) in [6.45, 7) is 1.01. The summed E-state index contributed by atoms with van der Waals surface area (Å²) < 4.78 is 10.1. The van der Waals surface area contributed by atoms with Gasteiger partial charge in [-0.15, -0.1) is 0 Å². The van der Waals surface area contributed by atoms with Gasteiger partial charge in [0.15, 0.2) is 0 Å². The molecule has 1 fully saturated rings. The molecule has 0 saturated carbocycles. The van der Waals surface area contributed by atoms with Crippen LogP contribution in [0.15, 0.2) is 18.2 Å². The van der Waals surface area contributed by atoms with E-state index in [0.717, 1.165) is 13.0 Å². The molecule has 1 atom stereocenters. The maximum absolute atomic E-state index is 12.3. The zero-order valence-electron chi connectivity index (χ0n) is 15.1. The molecule has 7 heteroatoms. The molecule has 0 spiro atoms. The minimum atomic E-state index is -0.266. The van der Waals surface area contributed by atoms with Crippen LogP contribution in [0.1, 0.15) is 25.7 Å². The average molecular weight is 349 g/mol. The molecular formula is C18H27N3O4. The Kier molecular flexibility index (Phi) is 7.21. The highest BCUT2D eigenvalue weighted by Crippen LogP contribution is 2.28. The van der Waals surface area contributed by atoms with Crippen LogP contribution in [0.2, 0.25) is 0 Å². The first-order valence-electron chi connectivity index (χ1n) is 8.50. The highest BCUT2D eigenvalue weighted by Gasteiger charge is 2.21. The van der Waals surface area contributed by atoms with Crippen molar-refractivity contribution in [3.8, 4) is 5.75 Å². The third kappa shape index (κ3) is 5.72. The molecule has 7 nitrogen and oxygen atoms in total. The van der Waals surface area contributed by atoms with Crippen molar-refractivity contribution >= 4 is 23.2 Å². The Balaban J connectivity index is 1.97. The van der Waals surface area contributed by atoms with Gasteiger partial charge in [-0.2, -0.15) is 0 Å². The summed E-state index contributed by atoms with van der Waals surface area (Å²) in [6.07, 6.45) is 3.90. The minimum Gasteiger partial charge on any atom is -0.494 e. The van der Waals surface area contributed by atoms with Crippen molar-refractivity contribution in [2.24, 2.45) is 0 Å². The fourth-order valence-electron chi connectivity index (χ4n) is 3.02. The summed E-state index contributed by atoms with van der Waals surface area (Å²) in [5.41, 5.74) is 1.18. The smallest absolute Gasteiger partial charge is 0.250 e. The van der Waals surface area contributed by atoms with E-state index in [0.29, 0.717) is 29.6 Å². The number of likely N-dealkylation sites (tertiary alicyclic amines) is 1. The summed E-state index contributed by atoms with van der Waals surface area (Å²) >= 11 is 0. The van der Waals surface area contributed by atoms with Gasteiger partial charge in [-0.3, -0.25) is 9.59 Å². The largest absolute Gasteiger partial charge is 0.494 e. The monoisotopic (exact) mass is 349 g/mol.